The fourth-order valence-corrected chi connectivity index (χ4v) is 5.56. The van der Waals surface area contributed by atoms with Gasteiger partial charge in [0, 0.05) is 0 Å². The highest BCUT2D eigenvalue weighted by Gasteiger charge is 2.17. The number of hydrogen-bond donors (Lipinski definition) is 2. The predicted molar refractivity (Wildman–Crippen MR) is 139 cm³/mol. The van der Waals surface area contributed by atoms with Gasteiger partial charge in [-0.2, -0.15) is 0 Å². The third-order valence-electron chi connectivity index (χ3n) is 4.56. The van der Waals surface area contributed by atoms with Crippen LogP contribution in [0, 0.1) is 0 Å². The van der Waals surface area contributed by atoms with E-state index in [9.17, 15) is 9.59 Å². The molecule has 13 heteroatoms. The van der Waals surface area contributed by atoms with Crippen LogP contribution in [0.25, 0.3) is 20.4 Å². The lowest BCUT2D eigenvalue weighted by Crippen LogP contribution is -2.18. The Labute approximate surface area is 219 Å². The Hall–Kier alpha value is -2.53. The highest BCUT2D eigenvalue weighted by atomic mass is 35.5. The number of hydrogen-bond acceptors (Lipinski definition) is 7. The molecule has 34 heavy (non-hydrogen) atoms. The Morgan fingerprint density at radius 1 is 0.647 bits per heavy atom. The van der Waals surface area contributed by atoms with Gasteiger partial charge in [-0.1, -0.05) is 75.1 Å². The summed E-state index contributed by atoms with van der Waals surface area (Å²) in [5.41, 5.74) is 1.06. The average Bonchev–Trinajstić information content (AvgIpc) is 3.43. The number of carbonyl (C=O) groups excluding carboxylic acids is 2. The van der Waals surface area contributed by atoms with Gasteiger partial charge in [-0.05, 0) is 36.4 Å². The normalized spacial score (nSPS) is 11.2. The molecule has 0 aliphatic rings. The molecule has 0 bridgehead atoms. The summed E-state index contributed by atoms with van der Waals surface area (Å²) in [7, 11) is 0. The number of benzene rings is 2. The molecule has 5 aromatic rings. The summed E-state index contributed by atoms with van der Waals surface area (Å²) in [6.07, 6.45) is 0. The highest BCUT2D eigenvalue weighted by Crippen LogP contribution is 2.36. The molecule has 2 aromatic carbocycles. The van der Waals surface area contributed by atoms with Gasteiger partial charge in [-0.25, -0.2) is 15.0 Å². The van der Waals surface area contributed by atoms with E-state index in [1.165, 1.54) is 34.8 Å². The number of halogens is 4. The Kier molecular flexibility index (Phi) is 6.32. The number of amides is 2. The zero-order valence-electron chi connectivity index (χ0n) is 16.5. The molecule has 2 N–H and O–H groups in total. The topological polar surface area (TPSA) is 96.9 Å². The molecule has 0 aliphatic heterocycles. The number of fused-ring (bicyclic) bond motifs is 2. The lowest BCUT2D eigenvalue weighted by Gasteiger charge is -2.04. The zero-order valence-corrected chi connectivity index (χ0v) is 21.2. The Morgan fingerprint density at radius 2 is 1.09 bits per heavy atom. The largest absolute Gasteiger partial charge is 0.296 e. The number of anilines is 2. The molecule has 0 unspecified atom stereocenters. The smallest absolute Gasteiger partial charge is 0.276 e. The van der Waals surface area contributed by atoms with Crippen molar-refractivity contribution in [3.63, 3.8) is 0 Å². The van der Waals surface area contributed by atoms with Crippen LogP contribution in [0.2, 0.25) is 20.1 Å². The first-order chi connectivity index (χ1) is 16.3. The first kappa shape index (κ1) is 23.2. The lowest BCUT2D eigenvalue weighted by atomic mass is 10.3. The van der Waals surface area contributed by atoms with Gasteiger partial charge in [-0.15, -0.1) is 0 Å². The van der Waals surface area contributed by atoms with Crippen LogP contribution in [-0.2, 0) is 0 Å². The molecular formula is C21H9Cl4N5O2S2. The molecule has 3 heterocycles. The second kappa shape index (κ2) is 9.26. The van der Waals surface area contributed by atoms with E-state index in [0.29, 0.717) is 41.4 Å². The van der Waals surface area contributed by atoms with E-state index in [4.69, 9.17) is 46.4 Å². The third-order valence-corrected chi connectivity index (χ3v) is 8.02. The van der Waals surface area contributed by atoms with E-state index in [1.54, 1.807) is 30.3 Å². The van der Waals surface area contributed by atoms with E-state index in [1.807, 2.05) is 0 Å². The van der Waals surface area contributed by atoms with E-state index < -0.39 is 11.8 Å². The molecule has 0 fully saturated rings. The maximum Gasteiger partial charge on any atom is 0.276 e. The van der Waals surface area contributed by atoms with Gasteiger partial charge in [-0.3, -0.25) is 20.2 Å². The molecule has 0 aliphatic carbocycles. The minimum absolute atomic E-state index is 0.0372. The van der Waals surface area contributed by atoms with Crippen LogP contribution in [-0.4, -0.2) is 26.8 Å². The first-order valence-corrected chi connectivity index (χ1v) is 12.5. The number of thiazole rings is 2. The van der Waals surface area contributed by atoms with Crippen molar-refractivity contribution in [1.29, 1.82) is 0 Å². The SMILES string of the molecule is O=C(Nc1nc2c(Cl)c(Cl)ccc2s1)c1cccc(C(=O)Nc2nc3c(Cl)c(Cl)ccc3s2)n1. The summed E-state index contributed by atoms with van der Waals surface area (Å²) in [6.45, 7) is 0. The fourth-order valence-electron chi connectivity index (χ4n) is 2.99. The standard InChI is InChI=1S/C21H9Cl4N5O2S2/c22-8-4-6-12-16(14(8)24)27-20(33-12)29-18(31)10-2-1-3-11(26-10)19(32)30-21-28-17-13(34-21)7-5-9(23)15(17)25/h1-7H,(H,27,29,31)(H,28,30,32). The lowest BCUT2D eigenvalue weighted by molar-refractivity contribution is 0.101. The number of rotatable bonds is 4. The van der Waals surface area contributed by atoms with Gasteiger partial charge < -0.3 is 0 Å². The molecule has 0 saturated heterocycles. The van der Waals surface area contributed by atoms with E-state index >= 15 is 0 Å². The molecule has 170 valence electrons. The maximum absolute atomic E-state index is 12.7. The highest BCUT2D eigenvalue weighted by molar-refractivity contribution is 7.22. The van der Waals surface area contributed by atoms with Crippen molar-refractivity contribution in [3.8, 4) is 0 Å². The summed E-state index contributed by atoms with van der Waals surface area (Å²) in [4.78, 5) is 38.3. The quantitative estimate of drug-likeness (QED) is 0.235. The van der Waals surface area contributed by atoms with Gasteiger partial charge in [0.2, 0.25) is 0 Å². The van der Waals surface area contributed by atoms with E-state index in [2.05, 4.69) is 25.6 Å². The van der Waals surface area contributed by atoms with Gasteiger partial charge in [0.05, 0.1) is 29.5 Å². The van der Waals surface area contributed by atoms with Gasteiger partial charge in [0.15, 0.2) is 10.3 Å². The van der Waals surface area contributed by atoms with Crippen LogP contribution in [0.1, 0.15) is 21.0 Å². The number of aromatic nitrogens is 3. The first-order valence-electron chi connectivity index (χ1n) is 9.39. The molecule has 3 aromatic heterocycles. The summed E-state index contributed by atoms with van der Waals surface area (Å²) >= 11 is 26.9. The predicted octanol–water partition coefficient (Wildman–Crippen LogP) is 7.42. The third kappa shape index (κ3) is 4.43. The van der Waals surface area contributed by atoms with Crippen molar-refractivity contribution in [1.82, 2.24) is 15.0 Å². The van der Waals surface area contributed by atoms with Crippen molar-refractivity contribution in [2.45, 2.75) is 0 Å². The van der Waals surface area contributed by atoms with Crippen LogP contribution in [0.5, 0.6) is 0 Å². The summed E-state index contributed by atoms with van der Waals surface area (Å²) in [5.74, 6) is -1.06. The molecule has 0 atom stereocenters. The Balaban J connectivity index is 1.35. The molecule has 0 saturated carbocycles. The van der Waals surface area contributed by atoms with Crippen molar-refractivity contribution in [3.05, 3.63) is 73.9 Å². The molecule has 2 amide bonds. The van der Waals surface area contributed by atoms with Crippen LogP contribution >= 0.6 is 69.1 Å². The van der Waals surface area contributed by atoms with Crippen LogP contribution < -0.4 is 10.6 Å². The number of pyridine rings is 1. The minimum Gasteiger partial charge on any atom is -0.296 e. The Bertz CT molecular complexity index is 1500. The van der Waals surface area contributed by atoms with Gasteiger partial charge in [0.25, 0.3) is 11.8 Å². The Morgan fingerprint density at radius 3 is 1.53 bits per heavy atom. The monoisotopic (exact) mass is 567 g/mol. The fraction of sp³-hybridized carbons (Fsp3) is 0. The van der Waals surface area contributed by atoms with Crippen LogP contribution in [0.15, 0.2) is 42.5 Å². The van der Waals surface area contributed by atoms with Gasteiger partial charge >= 0.3 is 0 Å². The molecule has 0 spiro atoms. The summed E-state index contributed by atoms with van der Waals surface area (Å²) in [6, 6.07) is 11.4. The molecular weight excluding hydrogens is 560 g/mol. The number of carbonyl (C=O) groups is 2. The van der Waals surface area contributed by atoms with Crippen molar-refractivity contribution in [2.75, 3.05) is 10.6 Å². The van der Waals surface area contributed by atoms with E-state index in [0.717, 1.165) is 9.40 Å². The summed E-state index contributed by atoms with van der Waals surface area (Å²) in [5, 5.41) is 7.36. The average molecular weight is 569 g/mol. The van der Waals surface area contributed by atoms with Crippen molar-refractivity contribution < 1.29 is 9.59 Å². The molecule has 5 rings (SSSR count). The van der Waals surface area contributed by atoms with E-state index in [-0.39, 0.29) is 11.4 Å². The summed E-state index contributed by atoms with van der Waals surface area (Å²) < 4.78 is 1.53. The van der Waals surface area contributed by atoms with Crippen molar-refractivity contribution >= 4 is 112 Å². The molecule has 0 radical (unpaired) electrons. The second-order valence-electron chi connectivity index (χ2n) is 6.77. The number of nitrogens with one attached hydrogen (secondary N) is 2. The van der Waals surface area contributed by atoms with Gasteiger partial charge in [0.1, 0.15) is 22.4 Å². The van der Waals surface area contributed by atoms with Crippen LogP contribution in [0.3, 0.4) is 0 Å². The maximum atomic E-state index is 12.7. The van der Waals surface area contributed by atoms with Crippen LogP contribution in [0.4, 0.5) is 10.3 Å². The molecule has 7 nitrogen and oxygen atoms in total. The minimum atomic E-state index is -0.530. The second-order valence-corrected chi connectivity index (χ2v) is 10.4. The zero-order chi connectivity index (χ0) is 24.0. The number of nitrogens with zero attached hydrogens (tertiary/aromatic N) is 3. The van der Waals surface area contributed by atoms with Crippen molar-refractivity contribution in [2.24, 2.45) is 0 Å².